The molecule has 1 heterocycles. The van der Waals surface area contributed by atoms with Gasteiger partial charge in [0.2, 0.25) is 11.8 Å². The van der Waals surface area contributed by atoms with Gasteiger partial charge in [-0.05, 0) is 53.7 Å². The SMILES string of the molecule is C[C@H](NCc1nnc(-c2ccccc2Br)o1)C1CCCC1. The van der Waals surface area contributed by atoms with Crippen molar-refractivity contribution in [2.75, 3.05) is 0 Å². The van der Waals surface area contributed by atoms with E-state index in [-0.39, 0.29) is 0 Å². The number of halogens is 1. The van der Waals surface area contributed by atoms with Crippen LogP contribution in [-0.2, 0) is 6.54 Å². The highest BCUT2D eigenvalue weighted by molar-refractivity contribution is 9.10. The zero-order valence-corrected chi connectivity index (χ0v) is 13.8. The molecule has 2 aromatic rings. The Morgan fingerprint density at radius 3 is 2.81 bits per heavy atom. The van der Waals surface area contributed by atoms with Crippen molar-refractivity contribution in [1.29, 1.82) is 0 Å². The summed E-state index contributed by atoms with van der Waals surface area (Å²) in [5.74, 6) is 1.99. The lowest BCUT2D eigenvalue weighted by Gasteiger charge is -2.19. The van der Waals surface area contributed by atoms with E-state index in [1.54, 1.807) is 0 Å². The Bertz CT molecular complexity index is 593. The fraction of sp³-hybridized carbons (Fsp3) is 0.500. The first-order chi connectivity index (χ1) is 10.2. The number of nitrogens with zero attached hydrogens (tertiary/aromatic N) is 2. The summed E-state index contributed by atoms with van der Waals surface area (Å²) in [5, 5.41) is 11.8. The van der Waals surface area contributed by atoms with Gasteiger partial charge in [-0.25, -0.2) is 0 Å². The molecule has 1 aliphatic carbocycles. The summed E-state index contributed by atoms with van der Waals surface area (Å²) in [5.41, 5.74) is 0.931. The molecule has 0 aliphatic heterocycles. The van der Waals surface area contributed by atoms with Gasteiger partial charge in [-0.15, -0.1) is 10.2 Å². The van der Waals surface area contributed by atoms with Crippen molar-refractivity contribution in [3.05, 3.63) is 34.6 Å². The molecule has 21 heavy (non-hydrogen) atoms. The fourth-order valence-corrected chi connectivity index (χ4v) is 3.40. The van der Waals surface area contributed by atoms with Gasteiger partial charge in [0, 0.05) is 10.5 Å². The molecular weight excluding hydrogens is 330 g/mol. The zero-order valence-electron chi connectivity index (χ0n) is 12.2. The molecule has 112 valence electrons. The summed E-state index contributed by atoms with van der Waals surface area (Å²) in [7, 11) is 0. The average molecular weight is 350 g/mol. The van der Waals surface area contributed by atoms with Crippen LogP contribution in [0.25, 0.3) is 11.5 Å². The first-order valence-corrected chi connectivity index (χ1v) is 8.34. The Kier molecular flexibility index (Phi) is 4.70. The Balaban J connectivity index is 1.61. The number of nitrogens with one attached hydrogen (secondary N) is 1. The van der Waals surface area contributed by atoms with Crippen molar-refractivity contribution >= 4 is 15.9 Å². The molecular formula is C16H20BrN3O. The van der Waals surface area contributed by atoms with E-state index in [1.165, 1.54) is 25.7 Å². The minimum Gasteiger partial charge on any atom is -0.419 e. The molecule has 1 aromatic carbocycles. The molecule has 1 fully saturated rings. The number of hydrogen-bond donors (Lipinski definition) is 1. The smallest absolute Gasteiger partial charge is 0.248 e. The van der Waals surface area contributed by atoms with Gasteiger partial charge >= 0.3 is 0 Å². The monoisotopic (exact) mass is 349 g/mol. The molecule has 1 atom stereocenters. The normalized spacial score (nSPS) is 17.2. The highest BCUT2D eigenvalue weighted by Gasteiger charge is 2.21. The van der Waals surface area contributed by atoms with Crippen LogP contribution < -0.4 is 5.32 Å². The second-order valence-corrected chi connectivity index (χ2v) is 6.55. The quantitative estimate of drug-likeness (QED) is 0.879. The predicted octanol–water partition coefficient (Wildman–Crippen LogP) is 4.17. The molecule has 0 radical (unpaired) electrons. The molecule has 3 rings (SSSR count). The predicted molar refractivity (Wildman–Crippen MR) is 85.7 cm³/mol. The summed E-state index contributed by atoms with van der Waals surface area (Å²) < 4.78 is 6.71. The number of aromatic nitrogens is 2. The van der Waals surface area contributed by atoms with Gasteiger partial charge in [0.05, 0.1) is 12.1 Å². The van der Waals surface area contributed by atoms with E-state index < -0.39 is 0 Å². The Morgan fingerprint density at radius 1 is 1.29 bits per heavy atom. The number of benzene rings is 1. The maximum atomic E-state index is 5.75. The fourth-order valence-electron chi connectivity index (χ4n) is 2.94. The van der Waals surface area contributed by atoms with Crippen LogP contribution in [0.15, 0.2) is 33.2 Å². The molecule has 0 spiro atoms. The lowest BCUT2D eigenvalue weighted by Crippen LogP contribution is -2.31. The lowest BCUT2D eigenvalue weighted by molar-refractivity contribution is 0.360. The summed E-state index contributed by atoms with van der Waals surface area (Å²) >= 11 is 3.51. The van der Waals surface area contributed by atoms with E-state index in [0.717, 1.165) is 16.0 Å². The summed E-state index contributed by atoms with van der Waals surface area (Å²) in [6.45, 7) is 2.89. The first-order valence-electron chi connectivity index (χ1n) is 7.54. The van der Waals surface area contributed by atoms with E-state index in [4.69, 9.17) is 4.42 Å². The van der Waals surface area contributed by atoms with Crippen molar-refractivity contribution in [3.63, 3.8) is 0 Å². The highest BCUT2D eigenvalue weighted by Crippen LogP contribution is 2.28. The molecule has 4 nitrogen and oxygen atoms in total. The van der Waals surface area contributed by atoms with Gasteiger partial charge in [-0.1, -0.05) is 25.0 Å². The lowest BCUT2D eigenvalue weighted by atomic mass is 10.00. The highest BCUT2D eigenvalue weighted by atomic mass is 79.9. The second-order valence-electron chi connectivity index (χ2n) is 5.69. The van der Waals surface area contributed by atoms with E-state index in [2.05, 4.69) is 38.4 Å². The third-order valence-electron chi connectivity index (χ3n) is 4.25. The van der Waals surface area contributed by atoms with Gasteiger partial charge in [-0.2, -0.15) is 0 Å². The van der Waals surface area contributed by atoms with Crippen LogP contribution in [0.5, 0.6) is 0 Å². The Morgan fingerprint density at radius 2 is 2.05 bits per heavy atom. The van der Waals surface area contributed by atoms with Crippen LogP contribution in [-0.4, -0.2) is 16.2 Å². The van der Waals surface area contributed by atoms with Gasteiger partial charge in [0.15, 0.2) is 0 Å². The van der Waals surface area contributed by atoms with Crippen LogP contribution in [0.3, 0.4) is 0 Å². The van der Waals surface area contributed by atoms with Crippen molar-refractivity contribution in [3.8, 4) is 11.5 Å². The minimum atomic E-state index is 0.506. The van der Waals surface area contributed by atoms with Gasteiger partial charge in [-0.3, -0.25) is 0 Å². The van der Waals surface area contributed by atoms with Crippen molar-refractivity contribution in [2.24, 2.45) is 5.92 Å². The third kappa shape index (κ3) is 3.52. The van der Waals surface area contributed by atoms with Crippen molar-refractivity contribution in [2.45, 2.75) is 45.2 Å². The van der Waals surface area contributed by atoms with Crippen LogP contribution in [0, 0.1) is 5.92 Å². The van der Waals surface area contributed by atoms with E-state index in [9.17, 15) is 0 Å². The molecule has 1 aliphatic rings. The van der Waals surface area contributed by atoms with Gasteiger partial charge in [0.1, 0.15) is 0 Å². The topological polar surface area (TPSA) is 51.0 Å². The first kappa shape index (κ1) is 14.7. The largest absolute Gasteiger partial charge is 0.419 e. The average Bonchev–Trinajstić information content (AvgIpc) is 3.17. The molecule has 0 bridgehead atoms. The summed E-state index contributed by atoms with van der Waals surface area (Å²) in [6, 6.07) is 8.38. The second kappa shape index (κ2) is 6.71. The molecule has 5 heteroatoms. The van der Waals surface area contributed by atoms with Crippen LogP contribution in [0.1, 0.15) is 38.5 Å². The van der Waals surface area contributed by atoms with E-state index in [0.29, 0.717) is 24.4 Å². The van der Waals surface area contributed by atoms with Crippen LogP contribution in [0.2, 0.25) is 0 Å². The molecule has 1 N–H and O–H groups in total. The zero-order chi connectivity index (χ0) is 14.7. The standard InChI is InChI=1S/C16H20BrN3O/c1-11(12-6-2-3-7-12)18-10-15-19-20-16(21-15)13-8-4-5-9-14(13)17/h4-5,8-9,11-12,18H,2-3,6-7,10H2,1H3/t11-/m0/s1. The number of hydrogen-bond acceptors (Lipinski definition) is 4. The van der Waals surface area contributed by atoms with Gasteiger partial charge in [0.25, 0.3) is 0 Å². The van der Waals surface area contributed by atoms with Crippen LogP contribution >= 0.6 is 15.9 Å². The summed E-state index contributed by atoms with van der Waals surface area (Å²) in [6.07, 6.45) is 5.40. The molecule has 0 unspecified atom stereocenters. The number of rotatable bonds is 5. The maximum absolute atomic E-state index is 5.75. The van der Waals surface area contributed by atoms with Crippen molar-refractivity contribution < 1.29 is 4.42 Å². The molecule has 0 amide bonds. The molecule has 0 saturated heterocycles. The molecule has 1 aromatic heterocycles. The van der Waals surface area contributed by atoms with Gasteiger partial charge < -0.3 is 9.73 Å². The Hall–Kier alpha value is -1.20. The minimum absolute atomic E-state index is 0.506. The summed E-state index contributed by atoms with van der Waals surface area (Å²) in [4.78, 5) is 0. The molecule has 1 saturated carbocycles. The van der Waals surface area contributed by atoms with E-state index in [1.807, 2.05) is 24.3 Å². The third-order valence-corrected chi connectivity index (χ3v) is 4.94. The van der Waals surface area contributed by atoms with Crippen molar-refractivity contribution in [1.82, 2.24) is 15.5 Å². The van der Waals surface area contributed by atoms with E-state index >= 15 is 0 Å². The maximum Gasteiger partial charge on any atom is 0.248 e. The Labute approximate surface area is 133 Å². The van der Waals surface area contributed by atoms with Crippen LogP contribution in [0.4, 0.5) is 0 Å².